The van der Waals surface area contributed by atoms with E-state index in [-0.39, 0.29) is 0 Å². The van der Waals surface area contributed by atoms with Crippen LogP contribution in [0.4, 0.5) is 5.69 Å². The summed E-state index contributed by atoms with van der Waals surface area (Å²) < 4.78 is 12.2. The number of methoxy groups -OCH3 is 2. The Balaban J connectivity index is 1.28. The number of para-hydroxylation sites is 2. The third-order valence-electron chi connectivity index (χ3n) is 5.58. The van der Waals surface area contributed by atoms with Crippen molar-refractivity contribution < 1.29 is 9.47 Å². The fourth-order valence-corrected chi connectivity index (χ4v) is 5.00. The number of hydrogen-bond acceptors (Lipinski definition) is 5. The Labute approximate surface area is 171 Å². The second-order valence-electron chi connectivity index (χ2n) is 7.23. The molecule has 0 N–H and O–H groups in total. The molecule has 4 rings (SSSR count). The van der Waals surface area contributed by atoms with Gasteiger partial charge >= 0.3 is 0 Å². The highest BCUT2D eigenvalue weighted by Gasteiger charge is 2.19. The molecule has 0 saturated carbocycles. The first-order valence-corrected chi connectivity index (χ1v) is 10.8. The van der Waals surface area contributed by atoms with Gasteiger partial charge in [-0.3, -0.25) is 4.90 Å². The summed E-state index contributed by atoms with van der Waals surface area (Å²) in [5.74, 6) is 1.91. The number of piperazine rings is 1. The minimum Gasteiger partial charge on any atom is -0.497 e. The van der Waals surface area contributed by atoms with Crippen LogP contribution in [0.5, 0.6) is 11.5 Å². The Hall–Kier alpha value is -2.24. The number of thiophene rings is 1. The van der Waals surface area contributed by atoms with Crippen LogP contribution >= 0.6 is 11.3 Å². The summed E-state index contributed by atoms with van der Waals surface area (Å²) in [5, 5.41) is 3.69. The minimum absolute atomic E-state index is 0.939. The summed E-state index contributed by atoms with van der Waals surface area (Å²) in [7, 11) is 3.47. The Morgan fingerprint density at radius 1 is 0.964 bits per heavy atom. The molecule has 1 aliphatic rings. The fraction of sp³-hybridized carbons (Fsp3) is 0.391. The smallest absolute Gasteiger partial charge is 0.142 e. The van der Waals surface area contributed by atoms with E-state index < -0.39 is 0 Å². The highest BCUT2D eigenvalue weighted by molar-refractivity contribution is 7.17. The van der Waals surface area contributed by atoms with Crippen molar-refractivity contribution in [3.05, 3.63) is 53.4 Å². The topological polar surface area (TPSA) is 24.9 Å². The molecule has 0 amide bonds. The van der Waals surface area contributed by atoms with E-state index in [4.69, 9.17) is 9.47 Å². The highest BCUT2D eigenvalue weighted by atomic mass is 32.1. The third-order valence-corrected chi connectivity index (χ3v) is 6.58. The van der Waals surface area contributed by atoms with Crippen molar-refractivity contribution in [1.82, 2.24) is 4.90 Å². The molecule has 1 aromatic heterocycles. The van der Waals surface area contributed by atoms with Gasteiger partial charge in [0.1, 0.15) is 11.5 Å². The number of aryl methyl sites for hydroxylation is 1. The molecular weight excluding hydrogens is 368 g/mol. The molecule has 0 unspecified atom stereocenters. The summed E-state index contributed by atoms with van der Waals surface area (Å²) in [5.41, 5.74) is 2.68. The molecule has 28 heavy (non-hydrogen) atoms. The monoisotopic (exact) mass is 396 g/mol. The molecule has 2 heterocycles. The van der Waals surface area contributed by atoms with E-state index in [1.807, 2.05) is 23.5 Å². The molecule has 3 aromatic rings. The lowest BCUT2D eigenvalue weighted by atomic mass is 10.1. The number of anilines is 1. The van der Waals surface area contributed by atoms with Crippen LogP contribution in [-0.4, -0.2) is 51.8 Å². The van der Waals surface area contributed by atoms with Crippen molar-refractivity contribution in [2.75, 3.05) is 51.8 Å². The molecule has 0 atom stereocenters. The standard InChI is InChI=1S/C23H28N2O2S/c1-26-19-9-10-20-18(17-28-23(20)16-19)6-5-11-24-12-14-25(15-13-24)21-7-3-4-8-22(21)27-2/h3-4,7-10,16-17H,5-6,11-15H2,1-2H3. The number of hydrogen-bond donors (Lipinski definition) is 0. The first-order chi connectivity index (χ1) is 13.8. The third kappa shape index (κ3) is 4.10. The van der Waals surface area contributed by atoms with Crippen molar-refractivity contribution in [2.24, 2.45) is 0 Å². The van der Waals surface area contributed by atoms with E-state index in [1.54, 1.807) is 14.2 Å². The largest absolute Gasteiger partial charge is 0.497 e. The molecule has 0 bridgehead atoms. The van der Waals surface area contributed by atoms with Crippen molar-refractivity contribution in [1.29, 1.82) is 0 Å². The van der Waals surface area contributed by atoms with Gasteiger partial charge < -0.3 is 14.4 Å². The summed E-state index contributed by atoms with van der Waals surface area (Å²) in [6, 6.07) is 14.7. The van der Waals surface area contributed by atoms with Crippen molar-refractivity contribution in [3.63, 3.8) is 0 Å². The maximum Gasteiger partial charge on any atom is 0.142 e. The van der Waals surface area contributed by atoms with Crippen LogP contribution in [0.1, 0.15) is 12.0 Å². The van der Waals surface area contributed by atoms with Gasteiger partial charge in [-0.05, 0) is 66.0 Å². The van der Waals surface area contributed by atoms with Crippen molar-refractivity contribution >= 4 is 27.1 Å². The Bertz CT molecular complexity index is 916. The molecule has 1 saturated heterocycles. The predicted octanol–water partition coefficient (Wildman–Crippen LogP) is 4.67. The molecule has 0 spiro atoms. The number of ether oxygens (including phenoxy) is 2. The van der Waals surface area contributed by atoms with Gasteiger partial charge in [0.05, 0.1) is 19.9 Å². The Morgan fingerprint density at radius 3 is 2.57 bits per heavy atom. The van der Waals surface area contributed by atoms with Gasteiger partial charge in [-0.2, -0.15) is 0 Å². The maximum absolute atomic E-state index is 5.52. The molecule has 0 radical (unpaired) electrons. The number of rotatable bonds is 7. The minimum atomic E-state index is 0.939. The van der Waals surface area contributed by atoms with Crippen LogP contribution in [0.15, 0.2) is 47.8 Å². The van der Waals surface area contributed by atoms with Gasteiger partial charge in [0.25, 0.3) is 0 Å². The lowest BCUT2D eigenvalue weighted by Crippen LogP contribution is -2.46. The average Bonchev–Trinajstić information content (AvgIpc) is 3.16. The van der Waals surface area contributed by atoms with E-state index in [0.29, 0.717) is 0 Å². The van der Waals surface area contributed by atoms with Gasteiger partial charge in [0, 0.05) is 30.9 Å². The first-order valence-electron chi connectivity index (χ1n) is 9.93. The average molecular weight is 397 g/mol. The lowest BCUT2D eigenvalue weighted by molar-refractivity contribution is 0.254. The van der Waals surface area contributed by atoms with Crippen LogP contribution in [0, 0.1) is 0 Å². The van der Waals surface area contributed by atoms with Crippen LogP contribution in [-0.2, 0) is 6.42 Å². The Kier molecular flexibility index (Phi) is 6.03. The van der Waals surface area contributed by atoms with Gasteiger partial charge in [0.15, 0.2) is 0 Å². The summed E-state index contributed by atoms with van der Waals surface area (Å²) in [6.45, 7) is 5.50. The van der Waals surface area contributed by atoms with Crippen molar-refractivity contribution in [3.8, 4) is 11.5 Å². The van der Waals surface area contributed by atoms with Crippen molar-refractivity contribution in [2.45, 2.75) is 12.8 Å². The lowest BCUT2D eigenvalue weighted by Gasteiger charge is -2.36. The van der Waals surface area contributed by atoms with Gasteiger partial charge in [-0.1, -0.05) is 12.1 Å². The maximum atomic E-state index is 5.52. The van der Waals surface area contributed by atoms with Crippen LogP contribution < -0.4 is 14.4 Å². The second kappa shape index (κ2) is 8.84. The molecule has 2 aromatic carbocycles. The second-order valence-corrected chi connectivity index (χ2v) is 8.14. The number of fused-ring (bicyclic) bond motifs is 1. The molecule has 1 aliphatic heterocycles. The van der Waals surface area contributed by atoms with Gasteiger partial charge in [0.2, 0.25) is 0 Å². The first kappa shape index (κ1) is 19.1. The molecule has 1 fully saturated rings. The quantitative estimate of drug-likeness (QED) is 0.579. The molecule has 4 nitrogen and oxygen atoms in total. The highest BCUT2D eigenvalue weighted by Crippen LogP contribution is 2.31. The summed E-state index contributed by atoms with van der Waals surface area (Å²) in [6.07, 6.45) is 2.34. The molecule has 5 heteroatoms. The zero-order chi connectivity index (χ0) is 19.3. The zero-order valence-electron chi connectivity index (χ0n) is 16.7. The fourth-order valence-electron chi connectivity index (χ4n) is 3.98. The van der Waals surface area contributed by atoms with Crippen LogP contribution in [0.2, 0.25) is 0 Å². The van der Waals surface area contributed by atoms with E-state index in [1.165, 1.54) is 27.8 Å². The van der Waals surface area contributed by atoms with Gasteiger partial charge in [-0.25, -0.2) is 0 Å². The summed E-state index contributed by atoms with van der Waals surface area (Å²) >= 11 is 1.82. The zero-order valence-corrected chi connectivity index (χ0v) is 17.5. The summed E-state index contributed by atoms with van der Waals surface area (Å²) in [4.78, 5) is 5.03. The van der Waals surface area contributed by atoms with E-state index >= 15 is 0 Å². The van der Waals surface area contributed by atoms with Crippen LogP contribution in [0.3, 0.4) is 0 Å². The van der Waals surface area contributed by atoms with E-state index in [0.717, 1.165) is 50.6 Å². The SMILES string of the molecule is COc1ccc2c(CCCN3CCN(c4ccccc4OC)CC3)csc2c1. The van der Waals surface area contributed by atoms with E-state index in [2.05, 4.69) is 45.5 Å². The number of nitrogens with zero attached hydrogens (tertiary/aromatic N) is 2. The molecule has 148 valence electrons. The molecular formula is C23H28N2O2S. The predicted molar refractivity (Wildman–Crippen MR) is 118 cm³/mol. The van der Waals surface area contributed by atoms with Crippen LogP contribution in [0.25, 0.3) is 10.1 Å². The Morgan fingerprint density at radius 2 is 1.79 bits per heavy atom. The van der Waals surface area contributed by atoms with E-state index in [9.17, 15) is 0 Å². The number of benzene rings is 2. The van der Waals surface area contributed by atoms with Gasteiger partial charge in [-0.15, -0.1) is 11.3 Å². The molecule has 0 aliphatic carbocycles. The normalized spacial score (nSPS) is 15.1.